The van der Waals surface area contributed by atoms with Crippen LogP contribution in [0.3, 0.4) is 0 Å². The zero-order valence-electron chi connectivity index (χ0n) is 15.1. The van der Waals surface area contributed by atoms with Crippen LogP contribution in [0.4, 0.5) is 0 Å². The van der Waals surface area contributed by atoms with Crippen LogP contribution in [-0.2, 0) is 24.3 Å². The van der Waals surface area contributed by atoms with Crippen LogP contribution in [0, 0.1) is 20.8 Å². The minimum atomic E-state index is -3.76. The van der Waals surface area contributed by atoms with Gasteiger partial charge < -0.3 is 15.2 Å². The van der Waals surface area contributed by atoms with Gasteiger partial charge in [0.05, 0.1) is 11.5 Å². The average molecular weight is 384 g/mol. The number of hydrogen-bond donors (Lipinski definition) is 3. The van der Waals surface area contributed by atoms with E-state index in [1.54, 1.807) is 26.0 Å². The van der Waals surface area contributed by atoms with Gasteiger partial charge in [-0.25, -0.2) is 17.9 Å². The van der Waals surface area contributed by atoms with Crippen molar-refractivity contribution in [3.8, 4) is 0 Å². The predicted molar refractivity (Wildman–Crippen MR) is 94.4 cm³/mol. The van der Waals surface area contributed by atoms with Crippen LogP contribution in [-0.4, -0.2) is 50.7 Å². The predicted octanol–water partition coefficient (Wildman–Crippen LogP) is 0.640. The summed E-state index contributed by atoms with van der Waals surface area (Å²) in [6.45, 7) is 5.36. The lowest BCUT2D eigenvalue weighted by Gasteiger charge is -2.23. The fourth-order valence-corrected chi connectivity index (χ4v) is 4.66. The second kappa shape index (κ2) is 7.73. The number of sulfonamides is 1. The average Bonchev–Trinajstić information content (AvgIpc) is 2.95. The molecule has 1 atom stereocenters. The first-order chi connectivity index (χ1) is 12.1. The summed E-state index contributed by atoms with van der Waals surface area (Å²) in [7, 11) is -3.76. The Balaban J connectivity index is 1.99. The van der Waals surface area contributed by atoms with E-state index in [1.807, 2.05) is 6.92 Å². The van der Waals surface area contributed by atoms with E-state index in [-0.39, 0.29) is 37.5 Å². The van der Waals surface area contributed by atoms with Gasteiger partial charge in [0.1, 0.15) is 0 Å². The number of aryl methyl sites for hydroxylation is 3. The fourth-order valence-electron chi connectivity index (χ4n) is 3.18. The monoisotopic (exact) mass is 384 g/mol. The summed E-state index contributed by atoms with van der Waals surface area (Å²) in [5, 5.41) is 11.7. The Labute approximate surface area is 153 Å². The van der Waals surface area contributed by atoms with Gasteiger partial charge in [-0.1, -0.05) is 17.7 Å². The number of hydrogen-bond acceptors (Lipinski definition) is 5. The molecule has 0 aliphatic carbocycles. The molecule has 1 aliphatic rings. The fraction of sp³-hybridized carbons (Fsp3) is 0.529. The molecule has 0 radical (unpaired) electrons. The summed E-state index contributed by atoms with van der Waals surface area (Å²) in [5.41, 5.74) is 0.802. The molecule has 0 bridgehead atoms. The topological polar surface area (TPSA) is 122 Å². The molecule has 1 unspecified atom stereocenters. The van der Waals surface area contributed by atoms with Crippen molar-refractivity contribution in [3.05, 3.63) is 28.8 Å². The van der Waals surface area contributed by atoms with Gasteiger partial charge in [-0.05, 0) is 31.9 Å². The van der Waals surface area contributed by atoms with Gasteiger partial charge in [-0.15, -0.1) is 0 Å². The third-order valence-corrected chi connectivity index (χ3v) is 6.09. The molecule has 1 aromatic carbocycles. The Hall–Kier alpha value is -1.97. The molecule has 1 aromatic rings. The molecule has 26 heavy (non-hydrogen) atoms. The normalized spacial score (nSPS) is 20.1. The Morgan fingerprint density at radius 2 is 1.85 bits per heavy atom. The van der Waals surface area contributed by atoms with E-state index < -0.39 is 27.4 Å². The van der Waals surface area contributed by atoms with E-state index in [4.69, 9.17) is 4.74 Å². The van der Waals surface area contributed by atoms with Gasteiger partial charge in [0, 0.05) is 26.0 Å². The van der Waals surface area contributed by atoms with Crippen LogP contribution in [0.15, 0.2) is 17.0 Å². The highest BCUT2D eigenvalue weighted by Gasteiger charge is 2.43. The van der Waals surface area contributed by atoms with Gasteiger partial charge in [0.2, 0.25) is 15.9 Å². The smallest absolute Gasteiger partial charge is 0.331 e. The number of carboxylic acid groups (broad SMARTS) is 1. The van der Waals surface area contributed by atoms with E-state index in [9.17, 15) is 23.1 Å². The molecule has 1 heterocycles. The number of aliphatic carboxylic acids is 1. The second-order valence-corrected chi connectivity index (χ2v) is 8.32. The first kappa shape index (κ1) is 20.3. The van der Waals surface area contributed by atoms with Crippen molar-refractivity contribution >= 4 is 21.9 Å². The summed E-state index contributed by atoms with van der Waals surface area (Å²) >= 11 is 0. The third kappa shape index (κ3) is 4.40. The van der Waals surface area contributed by atoms with Crippen molar-refractivity contribution in [2.45, 2.75) is 44.0 Å². The number of nitrogens with one attached hydrogen (secondary N) is 2. The van der Waals surface area contributed by atoms with Crippen LogP contribution in [0.25, 0.3) is 0 Å². The maximum Gasteiger partial charge on any atom is 0.331 e. The Morgan fingerprint density at radius 3 is 2.35 bits per heavy atom. The van der Waals surface area contributed by atoms with Crippen molar-refractivity contribution in [1.29, 1.82) is 0 Å². The van der Waals surface area contributed by atoms with Crippen molar-refractivity contribution in [2.75, 3.05) is 19.8 Å². The molecular formula is C17H24N2O6S. The number of carbonyl (C=O) groups excluding carboxylic acids is 1. The van der Waals surface area contributed by atoms with E-state index in [0.717, 1.165) is 5.56 Å². The number of benzene rings is 1. The Morgan fingerprint density at radius 1 is 1.23 bits per heavy atom. The summed E-state index contributed by atoms with van der Waals surface area (Å²) < 4.78 is 32.5. The SMILES string of the molecule is Cc1cc(C)c(S(=O)(=O)NCCC(=O)NC2(C(=O)O)CCOC2)c(C)c1. The molecule has 2 rings (SSSR count). The van der Waals surface area contributed by atoms with Gasteiger partial charge in [0.25, 0.3) is 0 Å². The van der Waals surface area contributed by atoms with Crippen LogP contribution >= 0.6 is 0 Å². The van der Waals surface area contributed by atoms with Crippen molar-refractivity contribution in [1.82, 2.24) is 10.0 Å². The number of amides is 1. The molecule has 144 valence electrons. The van der Waals surface area contributed by atoms with Crippen molar-refractivity contribution < 1.29 is 27.9 Å². The quantitative estimate of drug-likeness (QED) is 0.634. The van der Waals surface area contributed by atoms with Gasteiger partial charge >= 0.3 is 5.97 Å². The summed E-state index contributed by atoms with van der Waals surface area (Å²) in [4.78, 5) is 23.6. The van der Waals surface area contributed by atoms with Gasteiger partial charge in [-0.2, -0.15) is 0 Å². The highest BCUT2D eigenvalue weighted by Crippen LogP contribution is 2.22. The van der Waals surface area contributed by atoms with E-state index >= 15 is 0 Å². The lowest BCUT2D eigenvalue weighted by atomic mass is 9.99. The second-order valence-electron chi connectivity index (χ2n) is 6.61. The molecule has 3 N–H and O–H groups in total. The lowest BCUT2D eigenvalue weighted by Crippen LogP contribution is -2.55. The van der Waals surface area contributed by atoms with Gasteiger partial charge in [-0.3, -0.25) is 4.79 Å². The maximum atomic E-state index is 12.5. The van der Waals surface area contributed by atoms with E-state index in [0.29, 0.717) is 11.1 Å². The summed E-state index contributed by atoms with van der Waals surface area (Å²) in [6, 6.07) is 3.57. The van der Waals surface area contributed by atoms with Crippen LogP contribution in [0.2, 0.25) is 0 Å². The number of carboxylic acids is 1. The van der Waals surface area contributed by atoms with Crippen molar-refractivity contribution in [3.63, 3.8) is 0 Å². The first-order valence-electron chi connectivity index (χ1n) is 8.27. The molecule has 9 heteroatoms. The minimum absolute atomic E-state index is 0.0957. The molecular weight excluding hydrogens is 360 g/mol. The van der Waals surface area contributed by atoms with E-state index in [1.165, 1.54) is 0 Å². The number of carbonyl (C=O) groups is 2. The maximum absolute atomic E-state index is 12.5. The van der Waals surface area contributed by atoms with Crippen molar-refractivity contribution in [2.24, 2.45) is 0 Å². The molecule has 0 aromatic heterocycles. The van der Waals surface area contributed by atoms with Gasteiger partial charge in [0.15, 0.2) is 5.54 Å². The minimum Gasteiger partial charge on any atom is -0.479 e. The van der Waals surface area contributed by atoms with Crippen LogP contribution < -0.4 is 10.0 Å². The highest BCUT2D eigenvalue weighted by molar-refractivity contribution is 7.89. The third-order valence-electron chi connectivity index (χ3n) is 4.33. The zero-order valence-corrected chi connectivity index (χ0v) is 15.9. The summed E-state index contributed by atoms with van der Waals surface area (Å²) in [5.74, 6) is -1.70. The first-order valence-corrected chi connectivity index (χ1v) is 9.75. The highest BCUT2D eigenvalue weighted by atomic mass is 32.2. The Bertz CT molecular complexity index is 790. The molecule has 0 spiro atoms. The largest absolute Gasteiger partial charge is 0.479 e. The molecule has 8 nitrogen and oxygen atoms in total. The van der Waals surface area contributed by atoms with E-state index in [2.05, 4.69) is 10.0 Å². The standard InChI is InChI=1S/C17H24N2O6S/c1-11-8-12(2)15(13(3)9-11)26(23,24)18-6-4-14(20)19-17(16(21)22)5-7-25-10-17/h8-9,18H,4-7,10H2,1-3H3,(H,19,20)(H,21,22). The zero-order chi connectivity index (χ0) is 19.5. The molecule has 1 saturated heterocycles. The van der Waals surface area contributed by atoms with Crippen LogP contribution in [0.5, 0.6) is 0 Å². The molecule has 1 fully saturated rings. The van der Waals surface area contributed by atoms with Crippen LogP contribution in [0.1, 0.15) is 29.5 Å². The summed E-state index contributed by atoms with van der Waals surface area (Å²) in [6.07, 6.45) is 0.0137. The number of ether oxygens (including phenoxy) is 1. The lowest BCUT2D eigenvalue weighted by molar-refractivity contribution is -0.147. The molecule has 1 amide bonds. The molecule has 0 saturated carbocycles. The molecule has 1 aliphatic heterocycles. The Kier molecular flexibility index (Phi) is 6.05. The number of rotatable bonds is 7.